The minimum atomic E-state index is 0.397. The monoisotopic (exact) mass is 271 g/mol. The first-order valence-corrected chi connectivity index (χ1v) is 6.09. The van der Waals surface area contributed by atoms with Gasteiger partial charge < -0.3 is 9.73 Å². The van der Waals surface area contributed by atoms with Crippen molar-refractivity contribution >= 4 is 22.0 Å². The van der Waals surface area contributed by atoms with Crippen LogP contribution in [0.25, 0.3) is 6.08 Å². The van der Waals surface area contributed by atoms with E-state index in [1.807, 2.05) is 12.1 Å². The van der Waals surface area contributed by atoms with E-state index in [-0.39, 0.29) is 0 Å². The highest BCUT2D eigenvalue weighted by molar-refractivity contribution is 9.10. The van der Waals surface area contributed by atoms with Gasteiger partial charge in [-0.15, -0.1) is 0 Å². The molecule has 15 heavy (non-hydrogen) atoms. The summed E-state index contributed by atoms with van der Waals surface area (Å²) in [5, 5.41) is 3.44. The Balaban J connectivity index is 2.58. The molecule has 1 aromatic rings. The fourth-order valence-electron chi connectivity index (χ4n) is 1.28. The van der Waals surface area contributed by atoms with Crippen molar-refractivity contribution in [3.05, 3.63) is 28.1 Å². The summed E-state index contributed by atoms with van der Waals surface area (Å²) >= 11 is 3.29. The summed E-state index contributed by atoms with van der Waals surface area (Å²) in [6.45, 7) is 7.50. The number of hydrogen-bond acceptors (Lipinski definition) is 2. The maximum Gasteiger partial charge on any atom is 0.169 e. The molecule has 1 heterocycles. The van der Waals surface area contributed by atoms with Crippen LogP contribution in [0.3, 0.4) is 0 Å². The first kappa shape index (κ1) is 12.5. The Morgan fingerprint density at radius 3 is 2.87 bits per heavy atom. The van der Waals surface area contributed by atoms with E-state index in [1.165, 1.54) is 5.57 Å². The average molecular weight is 272 g/mol. The normalized spacial score (nSPS) is 14.3. The molecule has 1 aromatic heterocycles. The van der Waals surface area contributed by atoms with Crippen LogP contribution in [-0.2, 0) is 0 Å². The van der Waals surface area contributed by atoms with Gasteiger partial charge in [0.05, 0.1) is 0 Å². The van der Waals surface area contributed by atoms with E-state index in [1.54, 1.807) is 0 Å². The molecule has 0 amide bonds. The van der Waals surface area contributed by atoms with Gasteiger partial charge in [-0.1, -0.05) is 12.5 Å². The van der Waals surface area contributed by atoms with Gasteiger partial charge in [0.2, 0.25) is 0 Å². The third-order valence-corrected chi connectivity index (χ3v) is 2.77. The Hall–Kier alpha value is -0.540. The third-order valence-electron chi connectivity index (χ3n) is 2.35. The smallest absolute Gasteiger partial charge is 0.169 e. The predicted octanol–water partition coefficient (Wildman–Crippen LogP) is 3.83. The molecular weight excluding hydrogens is 254 g/mol. The Morgan fingerprint density at radius 2 is 2.33 bits per heavy atom. The van der Waals surface area contributed by atoms with Gasteiger partial charge >= 0.3 is 0 Å². The molecule has 0 aromatic carbocycles. The van der Waals surface area contributed by atoms with Crippen LogP contribution in [0.2, 0.25) is 0 Å². The van der Waals surface area contributed by atoms with Crippen LogP contribution in [-0.4, -0.2) is 12.6 Å². The zero-order valence-corrected chi connectivity index (χ0v) is 11.1. The fraction of sp³-hybridized carbons (Fsp3) is 0.500. The molecule has 0 spiro atoms. The molecule has 0 radical (unpaired) electrons. The van der Waals surface area contributed by atoms with E-state index < -0.39 is 0 Å². The second-order valence-corrected chi connectivity index (χ2v) is 4.49. The molecule has 0 saturated heterocycles. The van der Waals surface area contributed by atoms with Crippen LogP contribution < -0.4 is 5.32 Å². The van der Waals surface area contributed by atoms with Gasteiger partial charge in [-0.2, -0.15) is 0 Å². The molecule has 1 rings (SSSR count). The zero-order chi connectivity index (χ0) is 11.3. The van der Waals surface area contributed by atoms with E-state index in [0.717, 1.165) is 23.4 Å². The Bertz CT molecular complexity index is 330. The lowest BCUT2D eigenvalue weighted by atomic mass is 10.1. The second kappa shape index (κ2) is 6.13. The molecule has 3 heteroatoms. The minimum absolute atomic E-state index is 0.397. The van der Waals surface area contributed by atoms with Crippen LogP contribution in [0.5, 0.6) is 0 Å². The van der Waals surface area contributed by atoms with Crippen LogP contribution in [0.15, 0.2) is 26.8 Å². The van der Waals surface area contributed by atoms with Crippen molar-refractivity contribution in [2.45, 2.75) is 33.2 Å². The topological polar surface area (TPSA) is 25.2 Å². The number of furan rings is 1. The van der Waals surface area contributed by atoms with Crippen LogP contribution in [0.1, 0.15) is 33.0 Å². The second-order valence-electron chi connectivity index (χ2n) is 3.71. The summed E-state index contributed by atoms with van der Waals surface area (Å²) in [6.07, 6.45) is 3.22. The maximum atomic E-state index is 5.42. The van der Waals surface area contributed by atoms with Gasteiger partial charge in [0, 0.05) is 6.04 Å². The average Bonchev–Trinajstić information content (AvgIpc) is 2.60. The highest BCUT2D eigenvalue weighted by atomic mass is 79.9. The number of halogens is 1. The summed E-state index contributed by atoms with van der Waals surface area (Å²) in [5.41, 5.74) is 1.28. The number of nitrogens with one attached hydrogen (secondary N) is 1. The summed E-state index contributed by atoms with van der Waals surface area (Å²) in [4.78, 5) is 0. The van der Waals surface area contributed by atoms with Gasteiger partial charge in [0.25, 0.3) is 0 Å². The largest absolute Gasteiger partial charge is 0.450 e. The van der Waals surface area contributed by atoms with E-state index in [2.05, 4.69) is 48.1 Å². The standard InChI is InChI=1S/C12H18BrNO/c1-4-7-14-10(3)9(2)8-11-5-6-12(13)15-11/h5-6,8,10,14H,4,7H2,1-3H3/b9-8+. The fourth-order valence-corrected chi connectivity index (χ4v) is 1.60. The summed E-state index contributed by atoms with van der Waals surface area (Å²) in [5.74, 6) is 0.893. The molecule has 1 atom stereocenters. The molecule has 0 saturated carbocycles. The highest BCUT2D eigenvalue weighted by Crippen LogP contribution is 2.17. The summed E-state index contributed by atoms with van der Waals surface area (Å²) in [7, 11) is 0. The van der Waals surface area contributed by atoms with E-state index in [0.29, 0.717) is 6.04 Å². The number of hydrogen-bond donors (Lipinski definition) is 1. The van der Waals surface area contributed by atoms with E-state index in [9.17, 15) is 0 Å². The van der Waals surface area contributed by atoms with Crippen molar-refractivity contribution in [1.82, 2.24) is 5.32 Å². The van der Waals surface area contributed by atoms with Gasteiger partial charge in [-0.3, -0.25) is 0 Å². The molecule has 0 aliphatic rings. The first-order chi connectivity index (χ1) is 7.13. The van der Waals surface area contributed by atoms with E-state index in [4.69, 9.17) is 4.42 Å². The first-order valence-electron chi connectivity index (χ1n) is 5.30. The van der Waals surface area contributed by atoms with Crippen molar-refractivity contribution in [2.24, 2.45) is 0 Å². The van der Waals surface area contributed by atoms with Crippen LogP contribution in [0.4, 0.5) is 0 Å². The Morgan fingerprint density at radius 1 is 1.60 bits per heavy atom. The molecule has 0 aliphatic carbocycles. The van der Waals surface area contributed by atoms with Crippen molar-refractivity contribution in [3.63, 3.8) is 0 Å². The van der Waals surface area contributed by atoms with Crippen LogP contribution in [0, 0.1) is 0 Å². The summed E-state index contributed by atoms with van der Waals surface area (Å²) in [6, 6.07) is 4.26. The lowest BCUT2D eigenvalue weighted by molar-refractivity contribution is 0.529. The van der Waals surface area contributed by atoms with Gasteiger partial charge in [-0.25, -0.2) is 0 Å². The van der Waals surface area contributed by atoms with Gasteiger partial charge in [-0.05, 0) is 61.0 Å². The molecule has 84 valence electrons. The Kier molecular flexibility index (Phi) is 5.12. The third kappa shape index (κ3) is 4.22. The quantitative estimate of drug-likeness (QED) is 0.881. The molecule has 0 aliphatic heterocycles. The minimum Gasteiger partial charge on any atom is -0.450 e. The van der Waals surface area contributed by atoms with Gasteiger partial charge in [0.1, 0.15) is 5.76 Å². The zero-order valence-electron chi connectivity index (χ0n) is 9.51. The molecular formula is C12H18BrNO. The summed E-state index contributed by atoms with van der Waals surface area (Å²) < 4.78 is 6.20. The molecule has 1 N–H and O–H groups in total. The van der Waals surface area contributed by atoms with Crippen molar-refractivity contribution in [3.8, 4) is 0 Å². The van der Waals surface area contributed by atoms with E-state index >= 15 is 0 Å². The predicted molar refractivity (Wildman–Crippen MR) is 67.8 cm³/mol. The maximum absolute atomic E-state index is 5.42. The number of rotatable bonds is 5. The highest BCUT2D eigenvalue weighted by Gasteiger charge is 2.03. The lowest BCUT2D eigenvalue weighted by Gasteiger charge is -2.13. The van der Waals surface area contributed by atoms with Gasteiger partial charge in [0.15, 0.2) is 4.67 Å². The van der Waals surface area contributed by atoms with Crippen molar-refractivity contribution in [2.75, 3.05) is 6.54 Å². The molecule has 0 fully saturated rings. The lowest BCUT2D eigenvalue weighted by Crippen LogP contribution is -2.27. The van der Waals surface area contributed by atoms with Crippen molar-refractivity contribution in [1.29, 1.82) is 0 Å². The molecule has 0 bridgehead atoms. The molecule has 1 unspecified atom stereocenters. The van der Waals surface area contributed by atoms with Crippen LogP contribution >= 0.6 is 15.9 Å². The Labute approximate surface area is 99.9 Å². The van der Waals surface area contributed by atoms with Crippen molar-refractivity contribution < 1.29 is 4.42 Å². The SMILES string of the molecule is CCCNC(C)/C(C)=C/c1ccc(Br)o1. The molecule has 2 nitrogen and oxygen atoms in total.